The molecule has 4 nitrogen and oxygen atoms in total. The molecular weight excluding hydrogens is 214 g/mol. The van der Waals surface area contributed by atoms with E-state index in [9.17, 15) is 5.11 Å². The molecule has 0 aliphatic heterocycles. The summed E-state index contributed by atoms with van der Waals surface area (Å²) in [6, 6.07) is 1.95. The summed E-state index contributed by atoms with van der Waals surface area (Å²) in [6.07, 6.45) is 8.44. The summed E-state index contributed by atoms with van der Waals surface area (Å²) in [7, 11) is 0. The van der Waals surface area contributed by atoms with E-state index in [0.717, 1.165) is 25.1 Å². The smallest absolute Gasteiger partial charge is 0.0948 e. The minimum Gasteiger partial charge on any atom is -0.389 e. The molecule has 0 aliphatic carbocycles. The van der Waals surface area contributed by atoms with Gasteiger partial charge in [-0.25, -0.2) is 4.98 Å². The Labute approximate surface area is 102 Å². The Kier molecular flexibility index (Phi) is 3.64. The van der Waals surface area contributed by atoms with Gasteiger partial charge in [-0.3, -0.25) is 0 Å². The quantitative estimate of drug-likeness (QED) is 0.860. The number of nitrogens with zero attached hydrogens (tertiary/aromatic N) is 3. The van der Waals surface area contributed by atoms with Crippen LogP contribution in [-0.4, -0.2) is 19.2 Å². The Morgan fingerprint density at radius 1 is 1.47 bits per heavy atom. The number of hydrogen-bond donors (Lipinski definition) is 1. The fourth-order valence-electron chi connectivity index (χ4n) is 1.91. The lowest BCUT2D eigenvalue weighted by molar-refractivity contribution is 0.199. The molecule has 0 aromatic carbocycles. The van der Waals surface area contributed by atoms with Crippen molar-refractivity contribution in [2.24, 2.45) is 0 Å². The van der Waals surface area contributed by atoms with Gasteiger partial charge in [0.05, 0.1) is 24.7 Å². The Hall–Kier alpha value is -1.55. The van der Waals surface area contributed by atoms with Gasteiger partial charge in [-0.1, -0.05) is 6.92 Å². The zero-order valence-corrected chi connectivity index (χ0v) is 10.4. The van der Waals surface area contributed by atoms with Gasteiger partial charge in [0.2, 0.25) is 0 Å². The van der Waals surface area contributed by atoms with Crippen LogP contribution in [0.2, 0.25) is 0 Å². The van der Waals surface area contributed by atoms with Crippen LogP contribution in [0, 0.1) is 0 Å². The number of aliphatic hydroxyl groups excluding tert-OH is 1. The standard InChI is InChI=1S/C13H19N3O/c1-3-5-16-10-14-7-13(16)9-15-6-4-12(8-15)11(2)17/h4,6-8,10-11,17H,3,5,9H2,1-2H3. The molecule has 0 amide bonds. The maximum atomic E-state index is 9.47. The van der Waals surface area contributed by atoms with Crippen molar-refractivity contribution >= 4 is 0 Å². The molecule has 1 unspecified atom stereocenters. The second-order valence-electron chi connectivity index (χ2n) is 4.37. The molecule has 1 N–H and O–H groups in total. The van der Waals surface area contributed by atoms with Gasteiger partial charge in [-0.05, 0) is 25.0 Å². The highest BCUT2D eigenvalue weighted by Crippen LogP contribution is 2.13. The topological polar surface area (TPSA) is 43.0 Å². The minimum absolute atomic E-state index is 0.406. The Morgan fingerprint density at radius 3 is 2.94 bits per heavy atom. The fourth-order valence-corrected chi connectivity index (χ4v) is 1.91. The Morgan fingerprint density at radius 2 is 2.29 bits per heavy atom. The molecule has 0 bridgehead atoms. The van der Waals surface area contributed by atoms with Gasteiger partial charge in [0, 0.05) is 25.1 Å². The van der Waals surface area contributed by atoms with Crippen molar-refractivity contribution in [3.8, 4) is 0 Å². The van der Waals surface area contributed by atoms with E-state index in [4.69, 9.17) is 0 Å². The molecule has 0 aliphatic rings. The summed E-state index contributed by atoms with van der Waals surface area (Å²) < 4.78 is 4.24. The molecule has 4 heteroatoms. The van der Waals surface area contributed by atoms with E-state index in [1.807, 2.05) is 31.0 Å². The largest absolute Gasteiger partial charge is 0.389 e. The van der Waals surface area contributed by atoms with E-state index in [0.29, 0.717) is 0 Å². The second kappa shape index (κ2) is 5.19. The molecule has 2 aromatic heterocycles. The summed E-state index contributed by atoms with van der Waals surface area (Å²) in [4.78, 5) is 4.18. The zero-order valence-electron chi connectivity index (χ0n) is 10.4. The maximum absolute atomic E-state index is 9.47. The zero-order chi connectivity index (χ0) is 12.3. The maximum Gasteiger partial charge on any atom is 0.0948 e. The van der Waals surface area contributed by atoms with Gasteiger partial charge < -0.3 is 14.2 Å². The first-order chi connectivity index (χ1) is 8.20. The third-order valence-corrected chi connectivity index (χ3v) is 2.86. The average Bonchev–Trinajstić information content (AvgIpc) is 2.90. The number of rotatable bonds is 5. The summed E-state index contributed by atoms with van der Waals surface area (Å²) in [5, 5.41) is 9.47. The van der Waals surface area contributed by atoms with Crippen LogP contribution in [0.3, 0.4) is 0 Å². The molecule has 0 radical (unpaired) electrons. The van der Waals surface area contributed by atoms with Crippen LogP contribution >= 0.6 is 0 Å². The lowest BCUT2D eigenvalue weighted by Gasteiger charge is -2.07. The predicted molar refractivity (Wildman–Crippen MR) is 66.7 cm³/mol. The van der Waals surface area contributed by atoms with Gasteiger partial charge in [0.1, 0.15) is 0 Å². The summed E-state index contributed by atoms with van der Waals surface area (Å²) in [5.41, 5.74) is 2.14. The minimum atomic E-state index is -0.406. The first-order valence-corrected chi connectivity index (χ1v) is 6.03. The van der Waals surface area contributed by atoms with Gasteiger partial charge in [-0.2, -0.15) is 0 Å². The molecule has 2 rings (SSSR count). The lowest BCUT2D eigenvalue weighted by atomic mass is 10.2. The molecule has 92 valence electrons. The van der Waals surface area contributed by atoms with Crippen molar-refractivity contribution in [1.82, 2.24) is 14.1 Å². The lowest BCUT2D eigenvalue weighted by Crippen LogP contribution is -2.05. The van der Waals surface area contributed by atoms with Gasteiger partial charge in [-0.15, -0.1) is 0 Å². The van der Waals surface area contributed by atoms with Crippen molar-refractivity contribution < 1.29 is 5.11 Å². The average molecular weight is 233 g/mol. The molecule has 0 saturated carbocycles. The molecule has 17 heavy (non-hydrogen) atoms. The van der Waals surface area contributed by atoms with Crippen LogP contribution in [0.25, 0.3) is 0 Å². The number of aromatic nitrogens is 3. The van der Waals surface area contributed by atoms with Crippen LogP contribution in [0.4, 0.5) is 0 Å². The predicted octanol–water partition coefficient (Wildman–Crippen LogP) is 2.20. The normalized spacial score (nSPS) is 12.9. The van der Waals surface area contributed by atoms with Crippen molar-refractivity contribution in [1.29, 1.82) is 0 Å². The van der Waals surface area contributed by atoms with Crippen molar-refractivity contribution in [2.45, 2.75) is 39.5 Å². The summed E-state index contributed by atoms with van der Waals surface area (Å²) in [5.74, 6) is 0. The van der Waals surface area contributed by atoms with E-state index in [-0.39, 0.29) is 0 Å². The Balaban J connectivity index is 2.11. The van der Waals surface area contributed by atoms with Crippen LogP contribution in [0.5, 0.6) is 0 Å². The second-order valence-corrected chi connectivity index (χ2v) is 4.37. The van der Waals surface area contributed by atoms with E-state index in [1.165, 1.54) is 5.69 Å². The SMILES string of the molecule is CCCn1cncc1Cn1ccc(C(C)O)c1. The van der Waals surface area contributed by atoms with Crippen LogP contribution in [0.1, 0.15) is 37.6 Å². The summed E-state index contributed by atoms with van der Waals surface area (Å²) in [6.45, 7) is 5.73. The van der Waals surface area contributed by atoms with Crippen molar-refractivity contribution in [3.05, 3.63) is 42.2 Å². The molecular formula is C13H19N3O. The van der Waals surface area contributed by atoms with Gasteiger partial charge in [0.15, 0.2) is 0 Å². The highest BCUT2D eigenvalue weighted by molar-refractivity contribution is 5.14. The first-order valence-electron chi connectivity index (χ1n) is 6.03. The molecule has 2 heterocycles. The molecule has 2 aromatic rings. The number of hydrogen-bond acceptors (Lipinski definition) is 2. The van der Waals surface area contributed by atoms with E-state index in [1.54, 1.807) is 6.92 Å². The molecule has 0 fully saturated rings. The molecule has 0 saturated heterocycles. The van der Waals surface area contributed by atoms with Crippen molar-refractivity contribution in [2.75, 3.05) is 0 Å². The van der Waals surface area contributed by atoms with Gasteiger partial charge >= 0.3 is 0 Å². The first kappa shape index (κ1) is 11.9. The highest BCUT2D eigenvalue weighted by atomic mass is 16.3. The van der Waals surface area contributed by atoms with Crippen LogP contribution < -0.4 is 0 Å². The third-order valence-electron chi connectivity index (χ3n) is 2.86. The van der Waals surface area contributed by atoms with Crippen LogP contribution in [0.15, 0.2) is 31.0 Å². The van der Waals surface area contributed by atoms with E-state index < -0.39 is 6.10 Å². The monoisotopic (exact) mass is 233 g/mol. The van der Waals surface area contributed by atoms with E-state index in [2.05, 4.69) is 21.0 Å². The third kappa shape index (κ3) is 2.77. The Bertz CT molecular complexity index is 470. The molecule has 1 atom stereocenters. The molecule has 0 spiro atoms. The summed E-state index contributed by atoms with van der Waals surface area (Å²) >= 11 is 0. The van der Waals surface area contributed by atoms with Crippen molar-refractivity contribution in [3.63, 3.8) is 0 Å². The van der Waals surface area contributed by atoms with E-state index >= 15 is 0 Å². The highest BCUT2D eigenvalue weighted by Gasteiger charge is 2.05. The fraction of sp³-hybridized carbons (Fsp3) is 0.462. The van der Waals surface area contributed by atoms with Crippen LogP contribution in [-0.2, 0) is 13.1 Å². The van der Waals surface area contributed by atoms with Gasteiger partial charge in [0.25, 0.3) is 0 Å². The number of aryl methyl sites for hydroxylation is 1. The number of imidazole rings is 1. The number of aliphatic hydroxyl groups is 1.